The molecule has 0 fully saturated rings. The minimum absolute atomic E-state index is 0.289. The average Bonchev–Trinajstić information content (AvgIpc) is 2.15. The Labute approximate surface area is 88.2 Å². The van der Waals surface area contributed by atoms with E-state index in [0.29, 0.717) is 5.56 Å². The van der Waals surface area contributed by atoms with E-state index in [1.165, 1.54) is 23.2 Å². The van der Waals surface area contributed by atoms with E-state index >= 15 is 0 Å². The fraction of sp³-hybridized carbons (Fsp3) is 0.182. The number of nitrogens with zero attached hydrogens (tertiary/aromatic N) is 1. The number of halogens is 1. The smallest absolute Gasteiger partial charge is 0.258 e. The molecule has 3 nitrogen and oxygen atoms in total. The molecule has 0 aliphatic rings. The van der Waals surface area contributed by atoms with Crippen LogP contribution in [0.2, 0.25) is 0 Å². The Balaban J connectivity index is 2.66. The van der Waals surface area contributed by atoms with Gasteiger partial charge in [-0.1, -0.05) is 18.2 Å². The van der Waals surface area contributed by atoms with Crippen LogP contribution >= 0.6 is 0 Å². The fourth-order valence-corrected chi connectivity index (χ4v) is 1.03. The molecule has 0 heterocycles. The molecule has 0 aliphatic carbocycles. The Bertz CT molecular complexity index is 375. The normalized spacial score (nSPS) is 10.9. The lowest BCUT2D eigenvalue weighted by atomic mass is 10.2. The summed E-state index contributed by atoms with van der Waals surface area (Å²) < 4.78 is 13.1. The maximum absolute atomic E-state index is 13.1. The van der Waals surface area contributed by atoms with Gasteiger partial charge in [0.2, 0.25) is 0 Å². The van der Waals surface area contributed by atoms with E-state index in [1.807, 2.05) is 0 Å². The van der Waals surface area contributed by atoms with Gasteiger partial charge in [-0.25, -0.2) is 9.40 Å². The van der Waals surface area contributed by atoms with Gasteiger partial charge in [-0.05, 0) is 12.1 Å². The zero-order chi connectivity index (χ0) is 11.3. The highest BCUT2D eigenvalue weighted by Crippen LogP contribution is 2.07. The molecule has 1 aromatic rings. The molecule has 0 saturated carbocycles. The Hall–Kier alpha value is -1.68. The summed E-state index contributed by atoms with van der Waals surface area (Å²) in [6, 6.07) is 6.28. The zero-order valence-electron chi connectivity index (χ0n) is 8.70. The van der Waals surface area contributed by atoms with Gasteiger partial charge in [0.05, 0.1) is 0 Å². The predicted molar refractivity (Wildman–Crippen MR) is 57.3 cm³/mol. The number of nitrogens with one attached hydrogen (secondary N) is 1. The summed E-state index contributed by atoms with van der Waals surface area (Å²) in [5, 5.41) is 1.52. The molecular formula is C11H13FN2O. The fourth-order valence-electron chi connectivity index (χ4n) is 1.03. The summed E-state index contributed by atoms with van der Waals surface area (Å²) in [5.74, 6) is -0.630. The zero-order valence-corrected chi connectivity index (χ0v) is 8.70. The van der Waals surface area contributed by atoms with E-state index in [1.54, 1.807) is 32.3 Å². The summed E-state index contributed by atoms with van der Waals surface area (Å²) in [6.07, 6.45) is 2.73. The number of carbonyl (C=O) groups excluding carboxylic acids is 1. The number of rotatable bonds is 3. The highest BCUT2D eigenvalue weighted by molar-refractivity contribution is 5.91. The monoisotopic (exact) mass is 208 g/mol. The van der Waals surface area contributed by atoms with Gasteiger partial charge in [-0.3, -0.25) is 10.2 Å². The first kappa shape index (κ1) is 11.4. The number of hydrogen-bond acceptors (Lipinski definition) is 2. The molecule has 0 aromatic heterocycles. The Morgan fingerprint density at radius 2 is 2.07 bits per heavy atom. The summed E-state index contributed by atoms with van der Waals surface area (Å²) >= 11 is 0. The van der Waals surface area contributed by atoms with E-state index in [4.69, 9.17) is 0 Å². The van der Waals surface area contributed by atoms with Crippen molar-refractivity contribution in [3.05, 3.63) is 41.7 Å². The number of hydrogen-bond donors (Lipinski definition) is 1. The van der Waals surface area contributed by atoms with Gasteiger partial charge in [0.25, 0.3) is 5.91 Å². The third-order valence-corrected chi connectivity index (χ3v) is 1.65. The van der Waals surface area contributed by atoms with E-state index in [0.717, 1.165) is 0 Å². The van der Waals surface area contributed by atoms with Crippen molar-refractivity contribution in [3.63, 3.8) is 0 Å². The molecule has 0 bridgehead atoms. The number of carbonyl (C=O) groups is 1. The third kappa shape index (κ3) is 3.91. The highest BCUT2D eigenvalue weighted by atomic mass is 19.1. The van der Waals surface area contributed by atoms with Gasteiger partial charge >= 0.3 is 0 Å². The van der Waals surface area contributed by atoms with Crippen molar-refractivity contribution >= 4 is 12.0 Å². The first-order valence-corrected chi connectivity index (χ1v) is 4.50. The van der Waals surface area contributed by atoms with Crippen LogP contribution in [0.1, 0.15) is 5.56 Å². The largest absolute Gasteiger partial charge is 0.286 e. The predicted octanol–water partition coefficient (Wildman–Crippen LogP) is 1.43. The molecule has 1 amide bonds. The van der Waals surface area contributed by atoms with Crippen molar-refractivity contribution in [2.45, 2.75) is 0 Å². The first-order chi connectivity index (χ1) is 7.09. The summed E-state index contributed by atoms with van der Waals surface area (Å²) in [6.45, 7) is 0. The molecule has 0 unspecified atom stereocenters. The van der Waals surface area contributed by atoms with E-state index in [2.05, 4.69) is 5.43 Å². The van der Waals surface area contributed by atoms with E-state index in [9.17, 15) is 9.18 Å². The van der Waals surface area contributed by atoms with Crippen LogP contribution in [-0.2, 0) is 4.79 Å². The van der Waals surface area contributed by atoms with Gasteiger partial charge in [-0.15, -0.1) is 0 Å². The van der Waals surface area contributed by atoms with Crippen molar-refractivity contribution in [1.29, 1.82) is 0 Å². The van der Waals surface area contributed by atoms with Gasteiger partial charge in [-0.2, -0.15) is 0 Å². The van der Waals surface area contributed by atoms with Crippen LogP contribution in [0.3, 0.4) is 0 Å². The van der Waals surface area contributed by atoms with Gasteiger partial charge in [0.15, 0.2) is 0 Å². The standard InChI is InChI=1S/C11H13FN2O/c1-14(2)13-11(15)8-7-9-5-3-4-6-10(9)12/h3-8H,1-2H3,(H,13,15)/b8-7+. The quantitative estimate of drug-likeness (QED) is 0.602. The van der Waals surface area contributed by atoms with Crippen molar-refractivity contribution in [2.24, 2.45) is 0 Å². The van der Waals surface area contributed by atoms with Crippen LogP contribution in [0, 0.1) is 5.82 Å². The van der Waals surface area contributed by atoms with Crippen LogP contribution in [0.5, 0.6) is 0 Å². The second-order valence-electron chi connectivity index (χ2n) is 3.23. The Morgan fingerprint density at radius 3 is 2.67 bits per heavy atom. The SMILES string of the molecule is CN(C)NC(=O)/C=C/c1ccccc1F. The van der Waals surface area contributed by atoms with E-state index < -0.39 is 0 Å². The molecule has 0 radical (unpaired) electrons. The Kier molecular flexibility index (Phi) is 4.00. The van der Waals surface area contributed by atoms with Gasteiger partial charge in [0.1, 0.15) is 5.82 Å². The molecule has 80 valence electrons. The molecule has 0 saturated heterocycles. The maximum atomic E-state index is 13.1. The minimum Gasteiger partial charge on any atom is -0.286 e. The number of amides is 1. The first-order valence-electron chi connectivity index (χ1n) is 4.50. The molecule has 1 rings (SSSR count). The lowest BCUT2D eigenvalue weighted by molar-refractivity contribution is -0.119. The molecule has 0 atom stereocenters. The summed E-state index contributed by atoms with van der Waals surface area (Å²) in [4.78, 5) is 11.2. The van der Waals surface area contributed by atoms with Crippen molar-refractivity contribution in [1.82, 2.24) is 10.4 Å². The Morgan fingerprint density at radius 1 is 1.40 bits per heavy atom. The highest BCUT2D eigenvalue weighted by Gasteiger charge is 1.98. The van der Waals surface area contributed by atoms with Gasteiger partial charge in [0, 0.05) is 25.7 Å². The molecule has 1 aromatic carbocycles. The van der Waals surface area contributed by atoms with Crippen LogP contribution in [0.15, 0.2) is 30.3 Å². The van der Waals surface area contributed by atoms with Gasteiger partial charge < -0.3 is 0 Å². The topological polar surface area (TPSA) is 32.3 Å². The van der Waals surface area contributed by atoms with Crippen LogP contribution in [0.25, 0.3) is 6.08 Å². The molecule has 0 spiro atoms. The van der Waals surface area contributed by atoms with Crippen LogP contribution in [-0.4, -0.2) is 25.0 Å². The minimum atomic E-state index is -0.341. The number of benzene rings is 1. The molecule has 4 heteroatoms. The molecule has 1 N–H and O–H groups in total. The van der Waals surface area contributed by atoms with Crippen molar-refractivity contribution < 1.29 is 9.18 Å². The summed E-state index contributed by atoms with van der Waals surface area (Å²) in [7, 11) is 3.41. The second kappa shape index (κ2) is 5.26. The van der Waals surface area contributed by atoms with Crippen molar-refractivity contribution in [2.75, 3.05) is 14.1 Å². The summed E-state index contributed by atoms with van der Waals surface area (Å²) in [5.41, 5.74) is 2.91. The van der Waals surface area contributed by atoms with Crippen LogP contribution in [0.4, 0.5) is 4.39 Å². The second-order valence-corrected chi connectivity index (χ2v) is 3.23. The van der Waals surface area contributed by atoms with E-state index in [-0.39, 0.29) is 11.7 Å². The lowest BCUT2D eigenvalue weighted by Crippen LogP contribution is -2.34. The number of hydrazine groups is 1. The lowest BCUT2D eigenvalue weighted by Gasteiger charge is -2.08. The van der Waals surface area contributed by atoms with Crippen LogP contribution < -0.4 is 5.43 Å². The van der Waals surface area contributed by atoms with Crippen molar-refractivity contribution in [3.8, 4) is 0 Å². The maximum Gasteiger partial charge on any atom is 0.258 e. The molecular weight excluding hydrogens is 195 g/mol. The molecule has 15 heavy (non-hydrogen) atoms. The average molecular weight is 208 g/mol. The third-order valence-electron chi connectivity index (χ3n) is 1.65. The molecule has 0 aliphatic heterocycles.